The van der Waals surface area contributed by atoms with Crippen LogP contribution in [0.4, 0.5) is 0 Å². The first kappa shape index (κ1) is 14.9. The van der Waals surface area contributed by atoms with Crippen LogP contribution in [0.2, 0.25) is 0 Å². The second kappa shape index (κ2) is 6.39. The molecule has 0 aromatic heterocycles. The van der Waals surface area contributed by atoms with Crippen LogP contribution in [-0.4, -0.2) is 29.8 Å². The predicted molar refractivity (Wildman–Crippen MR) is 89.3 cm³/mol. The zero-order valence-corrected chi connectivity index (χ0v) is 14.3. The van der Waals surface area contributed by atoms with E-state index in [-0.39, 0.29) is 5.60 Å². The van der Waals surface area contributed by atoms with Crippen LogP contribution in [0.3, 0.4) is 0 Å². The van der Waals surface area contributed by atoms with Crippen molar-refractivity contribution >= 4 is 27.7 Å². The molecule has 0 radical (unpaired) electrons. The molecule has 0 bridgehead atoms. The summed E-state index contributed by atoms with van der Waals surface area (Å²) in [6, 6.07) is 9.56. The molecule has 20 heavy (non-hydrogen) atoms. The number of ether oxygens (including phenoxy) is 1. The lowest BCUT2D eigenvalue weighted by Crippen LogP contribution is -2.47. The Kier molecular flexibility index (Phi) is 4.75. The smallest absolute Gasteiger partial charge is 0.0795 e. The molecule has 110 valence electrons. The fourth-order valence-electron chi connectivity index (χ4n) is 3.26. The maximum atomic E-state index is 6.09. The van der Waals surface area contributed by atoms with Gasteiger partial charge in [0.05, 0.1) is 5.60 Å². The third kappa shape index (κ3) is 3.41. The van der Waals surface area contributed by atoms with E-state index in [0.717, 1.165) is 17.5 Å². The van der Waals surface area contributed by atoms with Crippen molar-refractivity contribution in [2.45, 2.75) is 43.9 Å². The summed E-state index contributed by atoms with van der Waals surface area (Å²) in [5.74, 6) is 2.43. The van der Waals surface area contributed by atoms with Crippen molar-refractivity contribution in [3.63, 3.8) is 0 Å². The first-order chi connectivity index (χ1) is 9.67. The first-order valence-electron chi connectivity index (χ1n) is 7.40. The summed E-state index contributed by atoms with van der Waals surface area (Å²) in [5.41, 5.74) is 1.51. The molecule has 2 aliphatic heterocycles. The van der Waals surface area contributed by atoms with Gasteiger partial charge in [0.2, 0.25) is 0 Å². The summed E-state index contributed by atoms with van der Waals surface area (Å²) >= 11 is 5.59. The molecule has 2 heterocycles. The average Bonchev–Trinajstić information content (AvgIpc) is 2.87. The molecule has 1 spiro atoms. The Bertz CT molecular complexity index is 462. The number of halogens is 1. The highest BCUT2D eigenvalue weighted by molar-refractivity contribution is 9.10. The highest BCUT2D eigenvalue weighted by Gasteiger charge is 2.40. The Morgan fingerprint density at radius 1 is 1.50 bits per heavy atom. The minimum absolute atomic E-state index is 0.164. The van der Waals surface area contributed by atoms with Crippen molar-refractivity contribution in [2.75, 3.05) is 18.1 Å². The minimum Gasteiger partial charge on any atom is -0.374 e. The van der Waals surface area contributed by atoms with Crippen LogP contribution >= 0.6 is 27.7 Å². The maximum absolute atomic E-state index is 6.09. The molecule has 1 aromatic carbocycles. The molecule has 3 rings (SSSR count). The van der Waals surface area contributed by atoms with Gasteiger partial charge in [-0.2, -0.15) is 11.8 Å². The summed E-state index contributed by atoms with van der Waals surface area (Å²) in [5, 5.41) is 3.80. The maximum Gasteiger partial charge on any atom is 0.0795 e. The predicted octanol–water partition coefficient (Wildman–Crippen LogP) is 4.15. The van der Waals surface area contributed by atoms with Gasteiger partial charge in [-0.25, -0.2) is 0 Å². The Balaban J connectivity index is 1.62. The first-order valence-corrected chi connectivity index (χ1v) is 9.35. The van der Waals surface area contributed by atoms with Gasteiger partial charge in [0, 0.05) is 28.9 Å². The summed E-state index contributed by atoms with van der Waals surface area (Å²) < 4.78 is 7.25. The van der Waals surface area contributed by atoms with E-state index in [1.807, 2.05) is 11.8 Å². The van der Waals surface area contributed by atoms with Crippen molar-refractivity contribution < 1.29 is 4.74 Å². The zero-order valence-electron chi connectivity index (χ0n) is 11.9. The van der Waals surface area contributed by atoms with Crippen LogP contribution in [-0.2, 0) is 4.74 Å². The minimum atomic E-state index is 0.164. The molecular formula is C16H22BrNOS. The van der Waals surface area contributed by atoms with E-state index in [4.69, 9.17) is 4.74 Å². The van der Waals surface area contributed by atoms with E-state index in [0.29, 0.717) is 12.1 Å². The fraction of sp³-hybridized carbons (Fsp3) is 0.625. The van der Waals surface area contributed by atoms with Gasteiger partial charge in [-0.1, -0.05) is 28.1 Å². The molecule has 3 atom stereocenters. The van der Waals surface area contributed by atoms with E-state index in [2.05, 4.69) is 52.4 Å². The van der Waals surface area contributed by atoms with Crippen LogP contribution in [0.5, 0.6) is 0 Å². The van der Waals surface area contributed by atoms with E-state index in [9.17, 15) is 0 Å². The third-order valence-corrected chi connectivity index (χ3v) is 6.11. The average molecular weight is 356 g/mol. The van der Waals surface area contributed by atoms with E-state index in [1.54, 1.807) is 0 Å². The fourth-order valence-corrected chi connectivity index (χ4v) is 5.05. The van der Waals surface area contributed by atoms with Crippen molar-refractivity contribution in [1.82, 2.24) is 5.32 Å². The SMILES string of the molecule is C[C@@H](NC1CCOC2(CCSC2)C1)c1cccc(Br)c1. The highest BCUT2D eigenvalue weighted by atomic mass is 79.9. The van der Waals surface area contributed by atoms with Gasteiger partial charge in [-0.05, 0) is 49.6 Å². The van der Waals surface area contributed by atoms with Crippen LogP contribution in [0.25, 0.3) is 0 Å². The highest BCUT2D eigenvalue weighted by Crippen LogP contribution is 2.38. The summed E-state index contributed by atoms with van der Waals surface area (Å²) in [7, 11) is 0. The Labute approximate surface area is 134 Å². The van der Waals surface area contributed by atoms with Gasteiger partial charge in [0.15, 0.2) is 0 Å². The number of hydrogen-bond donors (Lipinski definition) is 1. The monoisotopic (exact) mass is 355 g/mol. The van der Waals surface area contributed by atoms with Gasteiger partial charge in [0.1, 0.15) is 0 Å². The molecule has 2 unspecified atom stereocenters. The molecular weight excluding hydrogens is 334 g/mol. The normalized spacial score (nSPS) is 31.6. The van der Waals surface area contributed by atoms with Crippen LogP contribution in [0, 0.1) is 0 Å². The summed E-state index contributed by atoms with van der Waals surface area (Å²) in [6.45, 7) is 3.16. The second-order valence-corrected chi connectivity index (χ2v) is 7.99. The van der Waals surface area contributed by atoms with Gasteiger partial charge in [0.25, 0.3) is 0 Å². The Hall–Kier alpha value is -0.0300. The number of thioether (sulfide) groups is 1. The van der Waals surface area contributed by atoms with Gasteiger partial charge < -0.3 is 10.1 Å². The molecule has 2 nitrogen and oxygen atoms in total. The number of hydrogen-bond acceptors (Lipinski definition) is 3. The summed E-state index contributed by atoms with van der Waals surface area (Å²) in [6.07, 6.45) is 3.52. The van der Waals surface area contributed by atoms with Crippen molar-refractivity contribution in [1.29, 1.82) is 0 Å². The lowest BCUT2D eigenvalue weighted by molar-refractivity contribution is -0.0711. The third-order valence-electron chi connectivity index (χ3n) is 4.39. The van der Waals surface area contributed by atoms with E-state index < -0.39 is 0 Å². The number of nitrogens with one attached hydrogen (secondary N) is 1. The van der Waals surface area contributed by atoms with Gasteiger partial charge >= 0.3 is 0 Å². The van der Waals surface area contributed by atoms with E-state index >= 15 is 0 Å². The Morgan fingerprint density at radius 2 is 2.40 bits per heavy atom. The largest absolute Gasteiger partial charge is 0.374 e. The summed E-state index contributed by atoms with van der Waals surface area (Å²) in [4.78, 5) is 0. The van der Waals surface area contributed by atoms with Gasteiger partial charge in [-0.15, -0.1) is 0 Å². The molecule has 2 fully saturated rings. The van der Waals surface area contributed by atoms with Gasteiger partial charge in [-0.3, -0.25) is 0 Å². The topological polar surface area (TPSA) is 21.3 Å². The van der Waals surface area contributed by atoms with Crippen molar-refractivity contribution in [2.24, 2.45) is 0 Å². The molecule has 0 amide bonds. The Morgan fingerprint density at radius 3 is 3.15 bits per heavy atom. The zero-order chi connectivity index (χ0) is 14.0. The number of rotatable bonds is 3. The van der Waals surface area contributed by atoms with Crippen LogP contribution < -0.4 is 5.32 Å². The van der Waals surface area contributed by atoms with Crippen molar-refractivity contribution in [3.8, 4) is 0 Å². The second-order valence-electron chi connectivity index (χ2n) is 5.97. The number of benzene rings is 1. The van der Waals surface area contributed by atoms with Crippen molar-refractivity contribution in [3.05, 3.63) is 34.3 Å². The lowest BCUT2D eigenvalue weighted by atomic mass is 9.89. The molecule has 0 aliphatic carbocycles. The molecule has 1 N–H and O–H groups in total. The molecule has 4 heteroatoms. The molecule has 1 aromatic rings. The standard InChI is InChI=1S/C16H22BrNOS/c1-12(13-3-2-4-14(17)9-13)18-15-5-7-19-16(10-15)6-8-20-11-16/h2-4,9,12,15,18H,5-8,10-11H2,1H3/t12-,15?,16?/m1/s1. The van der Waals surface area contributed by atoms with Crippen LogP contribution in [0.15, 0.2) is 28.7 Å². The quantitative estimate of drug-likeness (QED) is 0.879. The van der Waals surface area contributed by atoms with Crippen LogP contribution in [0.1, 0.15) is 37.8 Å². The molecule has 2 aliphatic rings. The van der Waals surface area contributed by atoms with E-state index in [1.165, 1.54) is 29.9 Å². The lowest BCUT2D eigenvalue weighted by Gasteiger charge is -2.39. The molecule has 2 saturated heterocycles. The molecule has 0 saturated carbocycles.